The summed E-state index contributed by atoms with van der Waals surface area (Å²) in [4.78, 5) is 41.4. The normalized spacial score (nSPS) is 26.4. The molecule has 0 aromatic heterocycles. The highest BCUT2D eigenvalue weighted by atomic mass is 16.5. The number of hydrogen-bond donors (Lipinski definition) is 2. The van der Waals surface area contributed by atoms with Crippen LogP contribution in [0.4, 0.5) is 4.79 Å². The van der Waals surface area contributed by atoms with E-state index in [4.69, 9.17) is 4.74 Å². The molecule has 2 N–H and O–H groups in total. The first-order valence-electron chi connectivity index (χ1n) is 11.3. The summed E-state index contributed by atoms with van der Waals surface area (Å²) in [5.74, 6) is 0.523. The lowest BCUT2D eigenvalue weighted by Crippen LogP contribution is -2.51. The van der Waals surface area contributed by atoms with Gasteiger partial charge in [0, 0.05) is 18.2 Å². The Kier molecular flexibility index (Phi) is 6.75. The molecule has 4 rings (SSSR count). The number of methoxy groups -OCH3 is 1. The monoisotopic (exact) mass is 428 g/mol. The molecular formula is C23H32N4O4. The summed E-state index contributed by atoms with van der Waals surface area (Å²) in [6.45, 7) is 3.09. The number of para-hydroxylation sites is 1. The fourth-order valence-corrected chi connectivity index (χ4v) is 5.19. The molecule has 0 aliphatic carbocycles. The van der Waals surface area contributed by atoms with Crippen LogP contribution < -0.4 is 15.4 Å². The number of piperidine rings is 2. The van der Waals surface area contributed by atoms with Crippen molar-refractivity contribution in [3.05, 3.63) is 29.8 Å². The summed E-state index contributed by atoms with van der Waals surface area (Å²) in [6, 6.07) is 6.54. The molecule has 3 aliphatic heterocycles. The maximum atomic E-state index is 12.8. The maximum Gasteiger partial charge on any atom is 0.325 e. The van der Waals surface area contributed by atoms with Gasteiger partial charge in [0.1, 0.15) is 11.8 Å². The maximum absolute atomic E-state index is 12.8. The topological polar surface area (TPSA) is 91.0 Å². The van der Waals surface area contributed by atoms with E-state index in [0.29, 0.717) is 24.3 Å². The van der Waals surface area contributed by atoms with Gasteiger partial charge in [-0.1, -0.05) is 24.6 Å². The number of hydrogen-bond acceptors (Lipinski definition) is 5. The quantitative estimate of drug-likeness (QED) is 0.647. The number of ether oxygens (including phenoxy) is 1. The van der Waals surface area contributed by atoms with Crippen LogP contribution in [0, 0.1) is 5.92 Å². The third-order valence-electron chi connectivity index (χ3n) is 6.81. The molecule has 4 amide bonds. The van der Waals surface area contributed by atoms with E-state index in [-0.39, 0.29) is 24.8 Å². The van der Waals surface area contributed by atoms with Gasteiger partial charge < -0.3 is 20.3 Å². The zero-order valence-corrected chi connectivity index (χ0v) is 18.1. The van der Waals surface area contributed by atoms with Gasteiger partial charge in [-0.2, -0.15) is 0 Å². The molecule has 0 unspecified atom stereocenters. The van der Waals surface area contributed by atoms with Gasteiger partial charge in [0.15, 0.2) is 0 Å². The predicted molar refractivity (Wildman–Crippen MR) is 115 cm³/mol. The Hall–Kier alpha value is -2.61. The number of benzene rings is 1. The largest absolute Gasteiger partial charge is 0.496 e. The van der Waals surface area contributed by atoms with E-state index >= 15 is 0 Å². The second-order valence-corrected chi connectivity index (χ2v) is 8.75. The Morgan fingerprint density at radius 2 is 1.97 bits per heavy atom. The average molecular weight is 429 g/mol. The second kappa shape index (κ2) is 9.68. The summed E-state index contributed by atoms with van der Waals surface area (Å²) in [5, 5.41) is 5.68. The standard InChI is InChI=1S/C23H32N4O4/c1-31-20-10-3-2-7-17(20)15-27-22(29)18(25-23(27)30)13-21(28)24-14-16-8-6-12-26-11-5-4-9-19(16)26/h2-3,7,10,16,18-19H,4-6,8-9,11-15H2,1H3,(H,24,28)(H,25,30)/t16-,18-,19+/m0/s1. The van der Waals surface area contributed by atoms with Crippen LogP contribution in [0.5, 0.6) is 5.75 Å². The SMILES string of the molecule is COc1ccccc1CN1C(=O)N[C@@H](CC(=O)NC[C@@H]2CCCN3CCCC[C@H]23)C1=O. The van der Waals surface area contributed by atoms with Crippen LogP contribution in [-0.2, 0) is 16.1 Å². The third kappa shape index (κ3) is 4.84. The lowest BCUT2D eigenvalue weighted by atomic mass is 9.83. The number of carbonyl (C=O) groups is 3. The molecule has 3 saturated heterocycles. The Labute approximate surface area is 183 Å². The van der Waals surface area contributed by atoms with E-state index in [2.05, 4.69) is 15.5 Å². The number of rotatable bonds is 7. The summed E-state index contributed by atoms with van der Waals surface area (Å²) in [6.07, 6.45) is 6.00. The number of carbonyl (C=O) groups excluding carboxylic acids is 3. The number of urea groups is 1. The molecule has 3 atom stereocenters. The van der Waals surface area contributed by atoms with Crippen molar-refractivity contribution < 1.29 is 19.1 Å². The number of imide groups is 1. The highest BCUT2D eigenvalue weighted by molar-refractivity contribution is 6.05. The molecule has 0 spiro atoms. The Balaban J connectivity index is 1.29. The molecule has 0 radical (unpaired) electrons. The first-order valence-corrected chi connectivity index (χ1v) is 11.3. The molecule has 8 heteroatoms. The van der Waals surface area contributed by atoms with Gasteiger partial charge in [0.05, 0.1) is 20.1 Å². The molecule has 3 fully saturated rings. The first-order chi connectivity index (χ1) is 15.1. The molecule has 1 aromatic carbocycles. The van der Waals surface area contributed by atoms with Crippen molar-refractivity contribution in [3.8, 4) is 5.75 Å². The van der Waals surface area contributed by atoms with Crippen molar-refractivity contribution in [1.29, 1.82) is 0 Å². The zero-order valence-electron chi connectivity index (χ0n) is 18.1. The van der Waals surface area contributed by atoms with Gasteiger partial charge in [-0.15, -0.1) is 0 Å². The second-order valence-electron chi connectivity index (χ2n) is 8.75. The Morgan fingerprint density at radius 1 is 1.16 bits per heavy atom. The van der Waals surface area contributed by atoms with E-state index in [1.165, 1.54) is 38.8 Å². The van der Waals surface area contributed by atoms with Crippen molar-refractivity contribution >= 4 is 17.8 Å². The van der Waals surface area contributed by atoms with E-state index in [9.17, 15) is 14.4 Å². The van der Waals surface area contributed by atoms with Gasteiger partial charge in [-0.3, -0.25) is 14.5 Å². The van der Waals surface area contributed by atoms with E-state index in [0.717, 1.165) is 16.9 Å². The molecule has 3 aliphatic rings. The number of nitrogens with zero attached hydrogens (tertiary/aromatic N) is 2. The first kappa shape index (κ1) is 21.6. The number of amides is 4. The molecule has 1 aromatic rings. The van der Waals surface area contributed by atoms with Gasteiger partial charge in [-0.05, 0) is 50.8 Å². The van der Waals surface area contributed by atoms with E-state index in [1.807, 2.05) is 18.2 Å². The van der Waals surface area contributed by atoms with Crippen LogP contribution >= 0.6 is 0 Å². The van der Waals surface area contributed by atoms with Crippen LogP contribution in [0.15, 0.2) is 24.3 Å². The summed E-state index contributed by atoms with van der Waals surface area (Å²) in [5.41, 5.74) is 0.743. The van der Waals surface area contributed by atoms with E-state index < -0.39 is 12.1 Å². The molecule has 31 heavy (non-hydrogen) atoms. The minimum absolute atomic E-state index is 0.0336. The number of fused-ring (bicyclic) bond motifs is 1. The zero-order chi connectivity index (χ0) is 21.8. The van der Waals surface area contributed by atoms with Crippen molar-refractivity contribution in [1.82, 2.24) is 20.4 Å². The van der Waals surface area contributed by atoms with Crippen LogP contribution in [-0.4, -0.2) is 66.5 Å². The Morgan fingerprint density at radius 3 is 2.81 bits per heavy atom. The fraction of sp³-hybridized carbons (Fsp3) is 0.609. The fourth-order valence-electron chi connectivity index (χ4n) is 5.19. The minimum Gasteiger partial charge on any atom is -0.496 e. The number of nitrogens with one attached hydrogen (secondary N) is 2. The average Bonchev–Trinajstić information content (AvgIpc) is 3.05. The van der Waals surface area contributed by atoms with Crippen molar-refractivity contribution in [3.63, 3.8) is 0 Å². The molecule has 8 nitrogen and oxygen atoms in total. The van der Waals surface area contributed by atoms with Gasteiger partial charge in [0.2, 0.25) is 5.91 Å². The summed E-state index contributed by atoms with van der Waals surface area (Å²) < 4.78 is 5.31. The Bertz CT molecular complexity index is 828. The van der Waals surface area contributed by atoms with Crippen LogP contribution in [0.3, 0.4) is 0 Å². The molecule has 3 heterocycles. The van der Waals surface area contributed by atoms with Gasteiger partial charge in [0.25, 0.3) is 5.91 Å². The van der Waals surface area contributed by atoms with Crippen molar-refractivity contribution in [2.45, 2.75) is 57.2 Å². The highest BCUT2D eigenvalue weighted by Crippen LogP contribution is 2.30. The molecule has 0 saturated carbocycles. The van der Waals surface area contributed by atoms with Gasteiger partial charge in [-0.25, -0.2) is 4.79 Å². The molecular weight excluding hydrogens is 396 g/mol. The molecule has 0 bridgehead atoms. The van der Waals surface area contributed by atoms with E-state index in [1.54, 1.807) is 13.2 Å². The van der Waals surface area contributed by atoms with Crippen LogP contribution in [0.2, 0.25) is 0 Å². The lowest BCUT2D eigenvalue weighted by molar-refractivity contribution is -0.131. The van der Waals surface area contributed by atoms with Crippen LogP contribution in [0.1, 0.15) is 44.1 Å². The van der Waals surface area contributed by atoms with Crippen LogP contribution in [0.25, 0.3) is 0 Å². The van der Waals surface area contributed by atoms with Crippen molar-refractivity contribution in [2.75, 3.05) is 26.7 Å². The van der Waals surface area contributed by atoms with Gasteiger partial charge >= 0.3 is 6.03 Å². The lowest BCUT2D eigenvalue weighted by Gasteiger charge is -2.44. The summed E-state index contributed by atoms with van der Waals surface area (Å²) in [7, 11) is 1.55. The molecule has 168 valence electrons. The van der Waals surface area contributed by atoms with Crippen molar-refractivity contribution in [2.24, 2.45) is 5.92 Å². The highest BCUT2D eigenvalue weighted by Gasteiger charge is 2.39. The minimum atomic E-state index is -0.820. The predicted octanol–water partition coefficient (Wildman–Crippen LogP) is 1.89. The summed E-state index contributed by atoms with van der Waals surface area (Å²) >= 11 is 0. The smallest absolute Gasteiger partial charge is 0.325 e. The third-order valence-corrected chi connectivity index (χ3v) is 6.81.